The Bertz CT molecular complexity index is 620. The Labute approximate surface area is 154 Å². The van der Waals surface area contributed by atoms with Gasteiger partial charge in [0.15, 0.2) is 0 Å². The molecule has 1 atom stereocenters. The van der Waals surface area contributed by atoms with E-state index in [4.69, 9.17) is 10.5 Å². The standard InChI is InChI=1S/C19H28N4O3/c1-13-2-3-16(21-12-13)22-18(24)15-4-8-23(9-5-15)19(25)17(20)14-6-10-26-11-7-14/h2-3,12,14-15,17H,4-11,20H2,1H3,(H,21,22,24). The highest BCUT2D eigenvalue weighted by Gasteiger charge is 2.33. The zero-order valence-corrected chi connectivity index (χ0v) is 15.3. The summed E-state index contributed by atoms with van der Waals surface area (Å²) >= 11 is 0. The van der Waals surface area contributed by atoms with Gasteiger partial charge in [0.1, 0.15) is 5.82 Å². The highest BCUT2D eigenvalue weighted by Crippen LogP contribution is 2.23. The van der Waals surface area contributed by atoms with Gasteiger partial charge in [0.25, 0.3) is 0 Å². The van der Waals surface area contributed by atoms with Crippen LogP contribution in [0.5, 0.6) is 0 Å². The number of amides is 2. The molecule has 26 heavy (non-hydrogen) atoms. The highest BCUT2D eigenvalue weighted by atomic mass is 16.5. The molecular formula is C19H28N4O3. The van der Waals surface area contributed by atoms with Crippen molar-refractivity contribution in [2.45, 2.75) is 38.6 Å². The summed E-state index contributed by atoms with van der Waals surface area (Å²) in [5, 5.41) is 2.87. The molecular weight excluding hydrogens is 332 g/mol. The van der Waals surface area contributed by atoms with E-state index in [0.29, 0.717) is 45.0 Å². The van der Waals surface area contributed by atoms with Gasteiger partial charge in [-0.2, -0.15) is 0 Å². The van der Waals surface area contributed by atoms with Crippen molar-refractivity contribution >= 4 is 17.6 Å². The number of ether oxygens (including phenoxy) is 1. The van der Waals surface area contributed by atoms with Gasteiger partial charge in [-0.25, -0.2) is 4.98 Å². The van der Waals surface area contributed by atoms with Crippen LogP contribution < -0.4 is 11.1 Å². The van der Waals surface area contributed by atoms with Gasteiger partial charge >= 0.3 is 0 Å². The van der Waals surface area contributed by atoms with Crippen molar-refractivity contribution in [1.82, 2.24) is 9.88 Å². The van der Waals surface area contributed by atoms with Crippen LogP contribution in [0.4, 0.5) is 5.82 Å². The number of pyridine rings is 1. The second-order valence-corrected chi connectivity index (χ2v) is 7.29. The second kappa shape index (κ2) is 8.60. The van der Waals surface area contributed by atoms with Crippen molar-refractivity contribution in [1.29, 1.82) is 0 Å². The lowest BCUT2D eigenvalue weighted by Gasteiger charge is -2.35. The molecule has 0 aliphatic carbocycles. The van der Waals surface area contributed by atoms with E-state index in [0.717, 1.165) is 18.4 Å². The molecule has 3 heterocycles. The fraction of sp³-hybridized carbons (Fsp3) is 0.632. The van der Waals surface area contributed by atoms with Crippen molar-refractivity contribution in [3.8, 4) is 0 Å². The molecule has 0 radical (unpaired) electrons. The van der Waals surface area contributed by atoms with E-state index in [1.165, 1.54) is 0 Å². The molecule has 3 N–H and O–H groups in total. The number of aromatic nitrogens is 1. The van der Waals surface area contributed by atoms with Gasteiger partial charge < -0.3 is 20.7 Å². The van der Waals surface area contributed by atoms with Gasteiger partial charge in [0, 0.05) is 38.4 Å². The van der Waals surface area contributed by atoms with Crippen LogP contribution in [0.25, 0.3) is 0 Å². The molecule has 2 saturated heterocycles. The Balaban J connectivity index is 1.47. The van der Waals surface area contributed by atoms with Crippen LogP contribution in [0.15, 0.2) is 18.3 Å². The van der Waals surface area contributed by atoms with E-state index in [1.54, 1.807) is 12.3 Å². The van der Waals surface area contributed by atoms with E-state index in [-0.39, 0.29) is 23.7 Å². The van der Waals surface area contributed by atoms with Crippen LogP contribution >= 0.6 is 0 Å². The molecule has 0 bridgehead atoms. The van der Waals surface area contributed by atoms with Gasteiger partial charge in [-0.05, 0) is 50.2 Å². The highest BCUT2D eigenvalue weighted by molar-refractivity contribution is 5.92. The number of anilines is 1. The lowest BCUT2D eigenvalue weighted by atomic mass is 9.90. The predicted molar refractivity (Wildman–Crippen MR) is 98.4 cm³/mol. The van der Waals surface area contributed by atoms with Crippen molar-refractivity contribution < 1.29 is 14.3 Å². The molecule has 0 aromatic carbocycles. The first-order chi connectivity index (χ1) is 12.5. The molecule has 2 aliphatic rings. The smallest absolute Gasteiger partial charge is 0.239 e. The van der Waals surface area contributed by atoms with Gasteiger partial charge in [-0.15, -0.1) is 0 Å². The van der Waals surface area contributed by atoms with Crippen LogP contribution in [0.3, 0.4) is 0 Å². The molecule has 3 rings (SSSR count). The Morgan fingerprint density at radius 2 is 1.92 bits per heavy atom. The molecule has 0 spiro atoms. The first kappa shape index (κ1) is 18.8. The average molecular weight is 360 g/mol. The lowest BCUT2D eigenvalue weighted by molar-refractivity contribution is -0.137. The number of hydrogen-bond acceptors (Lipinski definition) is 5. The fourth-order valence-corrected chi connectivity index (χ4v) is 3.62. The normalized spacial score (nSPS) is 20.6. The molecule has 2 aliphatic heterocycles. The van der Waals surface area contributed by atoms with E-state index in [1.807, 2.05) is 17.9 Å². The Morgan fingerprint density at radius 3 is 2.54 bits per heavy atom. The number of piperidine rings is 1. The maximum Gasteiger partial charge on any atom is 0.239 e. The van der Waals surface area contributed by atoms with Crippen molar-refractivity contribution in [2.24, 2.45) is 17.6 Å². The summed E-state index contributed by atoms with van der Waals surface area (Å²) in [6.45, 7) is 4.47. The molecule has 142 valence electrons. The predicted octanol–water partition coefficient (Wildman–Crippen LogP) is 1.32. The van der Waals surface area contributed by atoms with E-state index >= 15 is 0 Å². The van der Waals surface area contributed by atoms with Crippen LogP contribution in [0, 0.1) is 18.8 Å². The van der Waals surface area contributed by atoms with Crippen molar-refractivity contribution in [3.05, 3.63) is 23.9 Å². The maximum atomic E-state index is 12.6. The summed E-state index contributed by atoms with van der Waals surface area (Å²) in [7, 11) is 0. The summed E-state index contributed by atoms with van der Waals surface area (Å²) in [6, 6.07) is 3.27. The minimum atomic E-state index is -0.457. The fourth-order valence-electron chi connectivity index (χ4n) is 3.62. The quantitative estimate of drug-likeness (QED) is 0.844. The van der Waals surface area contributed by atoms with E-state index < -0.39 is 6.04 Å². The number of nitrogens with zero attached hydrogens (tertiary/aromatic N) is 2. The molecule has 0 saturated carbocycles. The number of carbonyl (C=O) groups is 2. The summed E-state index contributed by atoms with van der Waals surface area (Å²) in [6.07, 6.45) is 4.73. The number of aryl methyl sites for hydroxylation is 1. The third kappa shape index (κ3) is 4.59. The molecule has 1 aromatic heterocycles. The number of nitrogens with one attached hydrogen (secondary N) is 1. The molecule has 2 fully saturated rings. The van der Waals surface area contributed by atoms with E-state index in [2.05, 4.69) is 10.3 Å². The average Bonchev–Trinajstić information content (AvgIpc) is 2.69. The summed E-state index contributed by atoms with van der Waals surface area (Å²) < 4.78 is 5.34. The van der Waals surface area contributed by atoms with Gasteiger partial charge in [-0.3, -0.25) is 9.59 Å². The van der Waals surface area contributed by atoms with Crippen LogP contribution in [-0.2, 0) is 14.3 Å². The Hall–Kier alpha value is -1.99. The zero-order valence-electron chi connectivity index (χ0n) is 15.3. The Kier molecular flexibility index (Phi) is 6.21. The van der Waals surface area contributed by atoms with Crippen LogP contribution in [-0.4, -0.2) is 54.0 Å². The molecule has 1 aromatic rings. The van der Waals surface area contributed by atoms with Gasteiger partial charge in [0.05, 0.1) is 6.04 Å². The third-order valence-corrected chi connectivity index (χ3v) is 5.40. The summed E-state index contributed by atoms with van der Waals surface area (Å²) in [4.78, 5) is 31.1. The van der Waals surface area contributed by atoms with Crippen LogP contribution in [0.2, 0.25) is 0 Å². The largest absolute Gasteiger partial charge is 0.381 e. The molecule has 7 heteroatoms. The zero-order chi connectivity index (χ0) is 18.5. The summed E-state index contributed by atoms with van der Waals surface area (Å²) in [5.74, 6) is 0.658. The maximum absolute atomic E-state index is 12.6. The minimum Gasteiger partial charge on any atom is -0.381 e. The van der Waals surface area contributed by atoms with Gasteiger partial charge in [0.2, 0.25) is 11.8 Å². The number of hydrogen-bond donors (Lipinski definition) is 2. The lowest BCUT2D eigenvalue weighted by Crippen LogP contribution is -2.51. The SMILES string of the molecule is Cc1ccc(NC(=O)C2CCN(C(=O)C(N)C3CCOCC3)CC2)nc1. The Morgan fingerprint density at radius 1 is 1.23 bits per heavy atom. The number of rotatable bonds is 4. The number of nitrogens with two attached hydrogens (primary N) is 1. The molecule has 2 amide bonds. The van der Waals surface area contributed by atoms with Gasteiger partial charge in [-0.1, -0.05) is 6.07 Å². The summed E-state index contributed by atoms with van der Waals surface area (Å²) in [5.41, 5.74) is 7.25. The first-order valence-electron chi connectivity index (χ1n) is 9.40. The molecule has 7 nitrogen and oxygen atoms in total. The third-order valence-electron chi connectivity index (χ3n) is 5.40. The number of likely N-dealkylation sites (tertiary alicyclic amines) is 1. The van der Waals surface area contributed by atoms with E-state index in [9.17, 15) is 9.59 Å². The molecule has 1 unspecified atom stereocenters. The van der Waals surface area contributed by atoms with Crippen molar-refractivity contribution in [3.63, 3.8) is 0 Å². The topological polar surface area (TPSA) is 97.6 Å². The van der Waals surface area contributed by atoms with Crippen molar-refractivity contribution in [2.75, 3.05) is 31.6 Å². The number of carbonyl (C=O) groups excluding carboxylic acids is 2. The monoisotopic (exact) mass is 360 g/mol. The first-order valence-corrected chi connectivity index (χ1v) is 9.40. The van der Waals surface area contributed by atoms with Crippen LogP contribution in [0.1, 0.15) is 31.2 Å². The minimum absolute atomic E-state index is 0.0101. The second-order valence-electron chi connectivity index (χ2n) is 7.29.